The summed E-state index contributed by atoms with van der Waals surface area (Å²) in [6, 6.07) is 6.32. The van der Waals surface area contributed by atoms with Crippen LogP contribution >= 0.6 is 23.2 Å². The minimum atomic E-state index is 0.602. The van der Waals surface area contributed by atoms with Crippen molar-refractivity contribution in [3.63, 3.8) is 0 Å². The first kappa shape index (κ1) is 12.1. The first-order valence-corrected chi connectivity index (χ1v) is 6.53. The summed E-state index contributed by atoms with van der Waals surface area (Å²) in [4.78, 5) is 0. The molecule has 1 saturated carbocycles. The number of rotatable bonds is 3. The monoisotopic (exact) mass is 257 g/mol. The molecule has 1 nitrogen and oxygen atoms in total. The molecule has 1 aromatic carbocycles. The summed E-state index contributed by atoms with van der Waals surface area (Å²) >= 11 is 11.8. The van der Waals surface area contributed by atoms with Crippen molar-refractivity contribution in [3.8, 4) is 0 Å². The Morgan fingerprint density at radius 1 is 1.19 bits per heavy atom. The van der Waals surface area contributed by atoms with Gasteiger partial charge in [0.25, 0.3) is 0 Å². The Morgan fingerprint density at radius 3 is 2.44 bits per heavy atom. The van der Waals surface area contributed by atoms with E-state index in [1.54, 1.807) is 0 Å². The van der Waals surface area contributed by atoms with E-state index in [2.05, 4.69) is 19.2 Å². The summed E-state index contributed by atoms with van der Waals surface area (Å²) < 4.78 is 0. The van der Waals surface area contributed by atoms with Crippen LogP contribution in [0.25, 0.3) is 0 Å². The van der Waals surface area contributed by atoms with Gasteiger partial charge in [-0.05, 0) is 42.9 Å². The van der Waals surface area contributed by atoms with Gasteiger partial charge in [0.2, 0.25) is 0 Å². The average Bonchev–Trinajstić information content (AvgIpc) is 2.15. The number of anilines is 1. The first-order chi connectivity index (χ1) is 7.56. The molecule has 0 atom stereocenters. The van der Waals surface area contributed by atoms with Crippen molar-refractivity contribution in [2.45, 2.75) is 32.7 Å². The van der Waals surface area contributed by atoms with E-state index in [0.29, 0.717) is 16.1 Å². The van der Waals surface area contributed by atoms with E-state index in [9.17, 15) is 0 Å². The van der Waals surface area contributed by atoms with Crippen molar-refractivity contribution in [1.82, 2.24) is 0 Å². The van der Waals surface area contributed by atoms with Crippen LogP contribution in [0.4, 0.5) is 5.69 Å². The molecule has 0 amide bonds. The van der Waals surface area contributed by atoms with Gasteiger partial charge < -0.3 is 5.32 Å². The maximum Gasteiger partial charge on any atom is 0.0612 e. The van der Waals surface area contributed by atoms with Gasteiger partial charge in [0, 0.05) is 11.7 Å². The highest BCUT2D eigenvalue weighted by Crippen LogP contribution is 2.36. The lowest BCUT2D eigenvalue weighted by atomic mass is 9.73. The quantitative estimate of drug-likeness (QED) is 0.817. The zero-order valence-corrected chi connectivity index (χ0v) is 11.1. The van der Waals surface area contributed by atoms with E-state index >= 15 is 0 Å². The summed E-state index contributed by atoms with van der Waals surface area (Å²) in [5.74, 6) is 1.67. The third kappa shape index (κ3) is 2.64. The number of nitrogens with one attached hydrogen (secondary N) is 1. The van der Waals surface area contributed by atoms with Crippen LogP contribution in [0.15, 0.2) is 18.2 Å². The minimum absolute atomic E-state index is 0.602. The lowest BCUT2D eigenvalue weighted by Gasteiger charge is -2.39. The Hall–Kier alpha value is -0.400. The van der Waals surface area contributed by atoms with Crippen molar-refractivity contribution in [3.05, 3.63) is 28.2 Å². The van der Waals surface area contributed by atoms with Gasteiger partial charge in [0.05, 0.1) is 10.0 Å². The third-order valence-corrected chi connectivity index (χ3v) is 4.15. The molecule has 1 aromatic rings. The van der Waals surface area contributed by atoms with Crippen molar-refractivity contribution >= 4 is 28.9 Å². The Labute approximate surface area is 107 Å². The minimum Gasteiger partial charge on any atom is -0.382 e. The van der Waals surface area contributed by atoms with Crippen molar-refractivity contribution < 1.29 is 0 Å². The molecule has 0 aliphatic heterocycles. The average molecular weight is 258 g/mol. The smallest absolute Gasteiger partial charge is 0.0612 e. The van der Waals surface area contributed by atoms with Gasteiger partial charge in [0.15, 0.2) is 0 Å². The topological polar surface area (TPSA) is 12.0 Å². The second kappa shape index (κ2) is 4.85. The molecule has 3 heteroatoms. The van der Waals surface area contributed by atoms with Gasteiger partial charge in [-0.1, -0.05) is 37.0 Å². The second-order valence-electron chi connectivity index (χ2n) is 4.95. The van der Waals surface area contributed by atoms with Gasteiger partial charge in [-0.2, -0.15) is 0 Å². The van der Waals surface area contributed by atoms with Crippen LogP contribution in [0.1, 0.15) is 26.7 Å². The fraction of sp³-hybridized carbons (Fsp3) is 0.538. The number of hydrogen-bond acceptors (Lipinski definition) is 1. The van der Waals surface area contributed by atoms with E-state index in [4.69, 9.17) is 23.2 Å². The maximum absolute atomic E-state index is 5.97. The molecule has 88 valence electrons. The number of hydrogen-bond donors (Lipinski definition) is 1. The van der Waals surface area contributed by atoms with E-state index < -0.39 is 0 Å². The highest BCUT2D eigenvalue weighted by atomic mass is 35.5. The van der Waals surface area contributed by atoms with E-state index in [-0.39, 0.29) is 0 Å². The predicted octanol–water partition coefficient (Wildman–Crippen LogP) is 4.84. The summed E-state index contributed by atoms with van der Waals surface area (Å²) in [6.07, 6.45) is 2.52. The highest BCUT2D eigenvalue weighted by molar-refractivity contribution is 6.42. The molecule has 0 unspecified atom stereocenters. The van der Waals surface area contributed by atoms with Crippen LogP contribution in [0.3, 0.4) is 0 Å². The standard InChI is InChI=1S/C13H17Cl2N/c1-8(2)9-5-11(6-9)16-10-3-4-12(14)13(15)7-10/h3-4,7-9,11,16H,5-6H2,1-2H3. The molecule has 16 heavy (non-hydrogen) atoms. The van der Waals surface area contributed by atoms with Crippen LogP contribution in [-0.4, -0.2) is 6.04 Å². The Bertz CT molecular complexity index is 370. The molecule has 1 fully saturated rings. The lowest BCUT2D eigenvalue weighted by Crippen LogP contribution is -2.37. The van der Waals surface area contributed by atoms with Crippen LogP contribution in [0.5, 0.6) is 0 Å². The third-order valence-electron chi connectivity index (χ3n) is 3.41. The van der Waals surface area contributed by atoms with Gasteiger partial charge in [-0.15, -0.1) is 0 Å². The van der Waals surface area contributed by atoms with Crippen LogP contribution < -0.4 is 5.32 Å². The fourth-order valence-corrected chi connectivity index (χ4v) is 2.44. The molecule has 0 heterocycles. The van der Waals surface area contributed by atoms with Gasteiger partial charge in [-0.3, -0.25) is 0 Å². The molecular formula is C13H17Cl2N. The molecule has 0 bridgehead atoms. The molecule has 0 spiro atoms. The van der Waals surface area contributed by atoms with E-state index in [1.807, 2.05) is 18.2 Å². The Morgan fingerprint density at radius 2 is 1.88 bits per heavy atom. The summed E-state index contributed by atoms with van der Waals surface area (Å²) in [5.41, 5.74) is 1.07. The zero-order valence-electron chi connectivity index (χ0n) is 9.63. The maximum atomic E-state index is 5.97. The van der Waals surface area contributed by atoms with Crippen LogP contribution in [0, 0.1) is 11.8 Å². The number of benzene rings is 1. The van der Waals surface area contributed by atoms with E-state index in [1.165, 1.54) is 12.8 Å². The Balaban J connectivity index is 1.89. The van der Waals surface area contributed by atoms with Crippen LogP contribution in [0.2, 0.25) is 10.0 Å². The van der Waals surface area contributed by atoms with Crippen molar-refractivity contribution in [2.75, 3.05) is 5.32 Å². The van der Waals surface area contributed by atoms with Crippen molar-refractivity contribution in [2.24, 2.45) is 11.8 Å². The van der Waals surface area contributed by atoms with Gasteiger partial charge >= 0.3 is 0 Å². The molecule has 0 saturated heterocycles. The second-order valence-corrected chi connectivity index (χ2v) is 5.76. The fourth-order valence-electron chi connectivity index (χ4n) is 2.15. The van der Waals surface area contributed by atoms with Gasteiger partial charge in [-0.25, -0.2) is 0 Å². The van der Waals surface area contributed by atoms with Gasteiger partial charge in [0.1, 0.15) is 0 Å². The summed E-state index contributed by atoms with van der Waals surface area (Å²) in [5, 5.41) is 4.72. The molecule has 0 radical (unpaired) electrons. The SMILES string of the molecule is CC(C)C1CC(Nc2ccc(Cl)c(Cl)c2)C1. The molecular weight excluding hydrogens is 241 g/mol. The molecule has 2 rings (SSSR count). The normalized spacial score (nSPS) is 24.3. The van der Waals surface area contributed by atoms with Crippen molar-refractivity contribution in [1.29, 1.82) is 0 Å². The lowest BCUT2D eigenvalue weighted by molar-refractivity contribution is 0.212. The zero-order chi connectivity index (χ0) is 11.7. The largest absolute Gasteiger partial charge is 0.382 e. The highest BCUT2D eigenvalue weighted by Gasteiger charge is 2.30. The molecule has 0 aromatic heterocycles. The predicted molar refractivity (Wildman–Crippen MR) is 71.4 cm³/mol. The molecule has 1 aliphatic carbocycles. The summed E-state index contributed by atoms with van der Waals surface area (Å²) in [6.45, 7) is 4.58. The van der Waals surface area contributed by atoms with E-state index in [0.717, 1.165) is 17.5 Å². The Kier molecular flexibility index (Phi) is 3.66. The first-order valence-electron chi connectivity index (χ1n) is 5.78. The summed E-state index contributed by atoms with van der Waals surface area (Å²) in [7, 11) is 0. The molecule has 1 aliphatic rings. The molecule has 1 N–H and O–H groups in total. The van der Waals surface area contributed by atoms with Crippen LogP contribution in [-0.2, 0) is 0 Å². The number of halogens is 2.